The van der Waals surface area contributed by atoms with Gasteiger partial charge in [-0.05, 0) is 12.8 Å². The van der Waals surface area contributed by atoms with Crippen molar-refractivity contribution in [2.24, 2.45) is 0 Å². The van der Waals surface area contributed by atoms with Gasteiger partial charge in [0.05, 0.1) is 6.10 Å². The summed E-state index contributed by atoms with van der Waals surface area (Å²) in [5.74, 6) is -0.165. The Bertz CT molecular complexity index is 184. The van der Waals surface area contributed by atoms with E-state index in [0.29, 0.717) is 19.5 Å². The second-order valence-electron chi connectivity index (χ2n) is 3.35. The Labute approximate surface area is 78.5 Å². The Morgan fingerprint density at radius 3 is 2.92 bits per heavy atom. The molecule has 76 valence electrons. The number of rotatable bonds is 3. The molecule has 1 saturated heterocycles. The summed E-state index contributed by atoms with van der Waals surface area (Å²) < 4.78 is 5.13. The van der Waals surface area contributed by atoms with Gasteiger partial charge in [-0.25, -0.2) is 0 Å². The smallest absolute Gasteiger partial charge is 0.251 e. The fourth-order valence-corrected chi connectivity index (χ4v) is 1.51. The van der Waals surface area contributed by atoms with E-state index in [9.17, 15) is 9.90 Å². The number of aliphatic hydroxyl groups excluding tert-OH is 1. The third kappa shape index (κ3) is 2.42. The molecule has 1 N–H and O–H groups in total. The number of carbonyl (C=O) groups is 1. The minimum absolute atomic E-state index is 0.146. The van der Waals surface area contributed by atoms with Crippen molar-refractivity contribution in [2.75, 3.05) is 20.2 Å². The number of amides is 1. The van der Waals surface area contributed by atoms with Crippen LogP contribution in [-0.4, -0.2) is 48.3 Å². The summed E-state index contributed by atoms with van der Waals surface area (Å²) in [4.78, 5) is 13.1. The molecule has 0 aromatic carbocycles. The van der Waals surface area contributed by atoms with Crippen molar-refractivity contribution < 1.29 is 14.6 Å². The molecule has 0 bridgehead atoms. The highest BCUT2D eigenvalue weighted by atomic mass is 16.5. The summed E-state index contributed by atoms with van der Waals surface area (Å²) in [7, 11) is 1.65. The highest BCUT2D eigenvalue weighted by Gasteiger charge is 2.28. The predicted molar refractivity (Wildman–Crippen MR) is 48.3 cm³/mol. The van der Waals surface area contributed by atoms with E-state index in [1.54, 1.807) is 18.9 Å². The molecule has 0 radical (unpaired) electrons. The number of methoxy groups -OCH3 is 1. The van der Waals surface area contributed by atoms with Gasteiger partial charge >= 0.3 is 0 Å². The van der Waals surface area contributed by atoms with Crippen molar-refractivity contribution in [1.82, 2.24) is 4.90 Å². The molecule has 1 rings (SSSR count). The van der Waals surface area contributed by atoms with Crippen LogP contribution in [-0.2, 0) is 9.53 Å². The molecule has 1 aliphatic rings. The van der Waals surface area contributed by atoms with Crippen LogP contribution in [0.2, 0.25) is 0 Å². The highest BCUT2D eigenvalue weighted by molar-refractivity contribution is 5.80. The standard InChI is InChI=1S/C9H17NO3/c1-3-8(11)9(12)10-5-4-7(6-10)13-2/h7-8,11H,3-6H2,1-2H3. The van der Waals surface area contributed by atoms with Crippen molar-refractivity contribution in [2.45, 2.75) is 32.0 Å². The van der Waals surface area contributed by atoms with Crippen molar-refractivity contribution in [3.63, 3.8) is 0 Å². The van der Waals surface area contributed by atoms with E-state index < -0.39 is 6.10 Å². The van der Waals surface area contributed by atoms with Crippen molar-refractivity contribution in [1.29, 1.82) is 0 Å². The van der Waals surface area contributed by atoms with E-state index in [-0.39, 0.29) is 12.0 Å². The predicted octanol–water partition coefficient (Wildman–Crippen LogP) is 0.00460. The van der Waals surface area contributed by atoms with Gasteiger partial charge in [0, 0.05) is 20.2 Å². The summed E-state index contributed by atoms with van der Waals surface area (Å²) in [6.45, 7) is 3.12. The fraction of sp³-hybridized carbons (Fsp3) is 0.889. The maximum Gasteiger partial charge on any atom is 0.251 e. The van der Waals surface area contributed by atoms with Crippen LogP contribution in [0.15, 0.2) is 0 Å². The largest absolute Gasteiger partial charge is 0.383 e. The zero-order valence-electron chi connectivity index (χ0n) is 8.19. The third-order valence-corrected chi connectivity index (χ3v) is 2.46. The summed E-state index contributed by atoms with van der Waals surface area (Å²) >= 11 is 0. The average Bonchev–Trinajstić information content (AvgIpc) is 2.63. The van der Waals surface area contributed by atoms with Crippen molar-refractivity contribution in [3.8, 4) is 0 Å². The number of aliphatic hydroxyl groups is 1. The lowest BCUT2D eigenvalue weighted by Gasteiger charge is -2.18. The molecule has 0 spiro atoms. The Hall–Kier alpha value is -0.610. The van der Waals surface area contributed by atoms with E-state index in [1.165, 1.54) is 0 Å². The van der Waals surface area contributed by atoms with E-state index in [4.69, 9.17) is 4.74 Å². The van der Waals surface area contributed by atoms with Crippen LogP contribution in [0.1, 0.15) is 19.8 Å². The van der Waals surface area contributed by atoms with Gasteiger partial charge in [0.25, 0.3) is 5.91 Å². The van der Waals surface area contributed by atoms with Crippen LogP contribution in [0, 0.1) is 0 Å². The molecule has 1 heterocycles. The van der Waals surface area contributed by atoms with Gasteiger partial charge in [-0.15, -0.1) is 0 Å². The molecule has 0 aliphatic carbocycles. The fourth-order valence-electron chi connectivity index (χ4n) is 1.51. The number of carbonyl (C=O) groups excluding carboxylic acids is 1. The normalized spacial score (nSPS) is 24.8. The van der Waals surface area contributed by atoms with Gasteiger partial charge in [-0.1, -0.05) is 6.92 Å². The first kappa shape index (κ1) is 10.5. The Morgan fingerprint density at radius 2 is 2.46 bits per heavy atom. The molecule has 0 saturated carbocycles. The summed E-state index contributed by atoms with van der Waals surface area (Å²) in [6.07, 6.45) is 0.662. The molecule has 0 aromatic heterocycles. The first-order valence-corrected chi connectivity index (χ1v) is 4.68. The molecule has 4 heteroatoms. The van der Waals surface area contributed by atoms with Gasteiger partial charge in [0.1, 0.15) is 6.10 Å². The first-order valence-electron chi connectivity index (χ1n) is 4.68. The molecule has 1 fully saturated rings. The Kier molecular flexibility index (Phi) is 3.69. The summed E-state index contributed by atoms with van der Waals surface area (Å²) in [5, 5.41) is 9.31. The van der Waals surface area contributed by atoms with Crippen LogP contribution >= 0.6 is 0 Å². The summed E-state index contributed by atoms with van der Waals surface area (Å²) in [5.41, 5.74) is 0. The second-order valence-corrected chi connectivity index (χ2v) is 3.35. The number of hydrogen-bond acceptors (Lipinski definition) is 3. The maximum absolute atomic E-state index is 11.5. The summed E-state index contributed by atoms with van der Waals surface area (Å²) in [6, 6.07) is 0. The molecule has 2 atom stereocenters. The van der Waals surface area contributed by atoms with Crippen LogP contribution in [0.3, 0.4) is 0 Å². The van der Waals surface area contributed by atoms with E-state index in [0.717, 1.165) is 6.42 Å². The minimum Gasteiger partial charge on any atom is -0.383 e. The highest BCUT2D eigenvalue weighted by Crippen LogP contribution is 2.13. The third-order valence-electron chi connectivity index (χ3n) is 2.46. The molecule has 1 amide bonds. The number of ether oxygens (including phenoxy) is 1. The van der Waals surface area contributed by atoms with Crippen LogP contribution in [0.25, 0.3) is 0 Å². The molecule has 1 aliphatic heterocycles. The van der Waals surface area contributed by atoms with E-state index in [1.807, 2.05) is 0 Å². The van der Waals surface area contributed by atoms with Gasteiger partial charge in [0.2, 0.25) is 0 Å². The van der Waals surface area contributed by atoms with Crippen LogP contribution in [0.4, 0.5) is 0 Å². The molecular weight excluding hydrogens is 170 g/mol. The number of likely N-dealkylation sites (tertiary alicyclic amines) is 1. The lowest BCUT2D eigenvalue weighted by Crippen LogP contribution is -2.37. The molecule has 2 unspecified atom stereocenters. The molecule has 13 heavy (non-hydrogen) atoms. The minimum atomic E-state index is -0.837. The maximum atomic E-state index is 11.5. The lowest BCUT2D eigenvalue weighted by molar-refractivity contribution is -0.139. The van der Waals surface area contributed by atoms with E-state index >= 15 is 0 Å². The van der Waals surface area contributed by atoms with Crippen LogP contribution in [0.5, 0.6) is 0 Å². The topological polar surface area (TPSA) is 49.8 Å². The van der Waals surface area contributed by atoms with Crippen molar-refractivity contribution >= 4 is 5.91 Å². The van der Waals surface area contributed by atoms with E-state index in [2.05, 4.69) is 0 Å². The lowest BCUT2D eigenvalue weighted by atomic mass is 10.2. The van der Waals surface area contributed by atoms with Crippen LogP contribution < -0.4 is 0 Å². The molecular formula is C9H17NO3. The quantitative estimate of drug-likeness (QED) is 0.677. The monoisotopic (exact) mass is 187 g/mol. The van der Waals surface area contributed by atoms with Gasteiger partial charge in [0.15, 0.2) is 0 Å². The number of nitrogens with zero attached hydrogens (tertiary/aromatic N) is 1. The zero-order chi connectivity index (χ0) is 9.84. The van der Waals surface area contributed by atoms with Gasteiger partial charge in [-0.2, -0.15) is 0 Å². The Balaban J connectivity index is 2.41. The Morgan fingerprint density at radius 1 is 1.77 bits per heavy atom. The molecule has 4 nitrogen and oxygen atoms in total. The zero-order valence-corrected chi connectivity index (χ0v) is 8.19. The number of hydrogen-bond donors (Lipinski definition) is 1. The first-order chi connectivity index (χ1) is 6.19. The SMILES string of the molecule is CCC(O)C(=O)N1CCC(OC)C1. The average molecular weight is 187 g/mol. The van der Waals surface area contributed by atoms with Gasteiger partial charge in [-0.3, -0.25) is 4.79 Å². The van der Waals surface area contributed by atoms with Gasteiger partial charge < -0.3 is 14.7 Å². The second kappa shape index (κ2) is 4.58. The molecule has 0 aromatic rings. The van der Waals surface area contributed by atoms with Crippen molar-refractivity contribution in [3.05, 3.63) is 0 Å².